The third-order valence-corrected chi connectivity index (χ3v) is 2.89. The average Bonchev–Trinajstić information content (AvgIpc) is 2.58. The van der Waals surface area contributed by atoms with E-state index in [1.165, 1.54) is 12.4 Å². The Balaban J connectivity index is 2.21. The first-order valence-corrected chi connectivity index (χ1v) is 6.90. The molecule has 1 aromatic heterocycles. The summed E-state index contributed by atoms with van der Waals surface area (Å²) in [5, 5.41) is 24.7. The van der Waals surface area contributed by atoms with Crippen LogP contribution < -0.4 is 10.2 Å². The molecule has 2 aromatic rings. The van der Waals surface area contributed by atoms with E-state index in [4.69, 9.17) is 4.74 Å². The number of rotatable bonds is 6. The second-order valence-electron chi connectivity index (χ2n) is 4.51. The summed E-state index contributed by atoms with van der Waals surface area (Å²) in [5.41, 5.74) is 2.32. The van der Waals surface area contributed by atoms with E-state index >= 15 is 0 Å². The second kappa shape index (κ2) is 7.68. The van der Waals surface area contributed by atoms with Gasteiger partial charge in [0.1, 0.15) is 0 Å². The lowest BCUT2D eigenvalue weighted by atomic mass is 10.1. The van der Waals surface area contributed by atoms with Gasteiger partial charge in [-0.1, -0.05) is 0 Å². The van der Waals surface area contributed by atoms with Crippen LogP contribution in [0.5, 0.6) is 11.5 Å². The van der Waals surface area contributed by atoms with Crippen LogP contribution in [-0.2, 0) is 0 Å². The van der Waals surface area contributed by atoms with Gasteiger partial charge in [-0.3, -0.25) is 19.9 Å². The number of hydrogen-bond acceptors (Lipinski definition) is 7. The van der Waals surface area contributed by atoms with E-state index in [2.05, 4.69) is 15.5 Å². The van der Waals surface area contributed by atoms with Crippen molar-refractivity contribution in [3.8, 4) is 11.5 Å². The first kappa shape index (κ1) is 16.9. The number of phenolic OH excluding ortho intramolecular Hbond substituents is 1. The molecular weight excluding hydrogens is 316 g/mol. The molecule has 0 aliphatic heterocycles. The minimum absolute atomic E-state index is 0.0354. The van der Waals surface area contributed by atoms with Crippen molar-refractivity contribution in [2.24, 2.45) is 5.10 Å². The van der Waals surface area contributed by atoms with Crippen molar-refractivity contribution in [1.82, 2.24) is 10.4 Å². The highest BCUT2D eigenvalue weighted by atomic mass is 16.6. The smallest absolute Gasteiger partial charge is 0.274 e. The van der Waals surface area contributed by atoms with Gasteiger partial charge in [0.05, 0.1) is 29.4 Å². The minimum atomic E-state index is -0.618. The predicted molar refractivity (Wildman–Crippen MR) is 85.2 cm³/mol. The van der Waals surface area contributed by atoms with Crippen molar-refractivity contribution in [1.29, 1.82) is 0 Å². The van der Waals surface area contributed by atoms with Crippen molar-refractivity contribution in [3.63, 3.8) is 0 Å². The van der Waals surface area contributed by atoms with E-state index in [0.29, 0.717) is 5.56 Å². The van der Waals surface area contributed by atoms with Gasteiger partial charge < -0.3 is 9.84 Å². The Morgan fingerprint density at radius 2 is 2.33 bits per heavy atom. The van der Waals surface area contributed by atoms with Crippen molar-refractivity contribution in [3.05, 3.63) is 57.9 Å². The van der Waals surface area contributed by atoms with Crippen LogP contribution in [0.15, 0.2) is 41.8 Å². The number of nitrogens with one attached hydrogen (secondary N) is 1. The Morgan fingerprint density at radius 1 is 1.54 bits per heavy atom. The molecule has 0 saturated carbocycles. The van der Waals surface area contributed by atoms with Crippen LogP contribution in [0.4, 0.5) is 5.69 Å². The summed E-state index contributed by atoms with van der Waals surface area (Å²) in [7, 11) is 0. The molecule has 0 unspecified atom stereocenters. The topological polar surface area (TPSA) is 127 Å². The fourth-order valence-electron chi connectivity index (χ4n) is 1.81. The average molecular weight is 330 g/mol. The number of ether oxygens (including phenoxy) is 1. The lowest BCUT2D eigenvalue weighted by Crippen LogP contribution is -2.17. The molecule has 2 N–H and O–H groups in total. The molecular formula is C15H14N4O5. The third kappa shape index (κ3) is 4.03. The standard InChI is InChI=1S/C15H14N4O5/c1-2-24-13-7-12(19(22)23)6-11(14(13)20)9-17-18-15(21)10-4-3-5-16-8-10/h3-9,20H,2H2,1H3,(H,18,21)/b17-9+. The number of aromatic hydroxyl groups is 1. The normalized spacial score (nSPS) is 10.5. The van der Waals surface area contributed by atoms with Crippen molar-refractivity contribution >= 4 is 17.8 Å². The highest BCUT2D eigenvalue weighted by Gasteiger charge is 2.16. The maximum absolute atomic E-state index is 11.8. The van der Waals surface area contributed by atoms with E-state index in [-0.39, 0.29) is 29.4 Å². The van der Waals surface area contributed by atoms with Gasteiger partial charge in [0.2, 0.25) is 0 Å². The van der Waals surface area contributed by atoms with Crippen LogP contribution in [0.3, 0.4) is 0 Å². The Labute approximate surface area is 136 Å². The lowest BCUT2D eigenvalue weighted by molar-refractivity contribution is -0.385. The Kier molecular flexibility index (Phi) is 5.40. The summed E-state index contributed by atoms with van der Waals surface area (Å²) >= 11 is 0. The van der Waals surface area contributed by atoms with Gasteiger partial charge in [-0.2, -0.15) is 5.10 Å². The number of nitro benzene ring substituents is 1. The number of nitrogens with zero attached hydrogens (tertiary/aromatic N) is 3. The molecule has 0 aliphatic carbocycles. The zero-order chi connectivity index (χ0) is 17.5. The molecule has 9 nitrogen and oxygen atoms in total. The van der Waals surface area contributed by atoms with Gasteiger partial charge in [-0.05, 0) is 19.1 Å². The number of aromatic nitrogens is 1. The van der Waals surface area contributed by atoms with E-state index < -0.39 is 10.8 Å². The lowest BCUT2D eigenvalue weighted by Gasteiger charge is -2.07. The molecule has 0 saturated heterocycles. The monoisotopic (exact) mass is 330 g/mol. The molecule has 0 radical (unpaired) electrons. The van der Waals surface area contributed by atoms with Crippen LogP contribution in [0.25, 0.3) is 0 Å². The van der Waals surface area contributed by atoms with E-state index in [1.54, 1.807) is 19.1 Å². The number of hydrazone groups is 1. The number of nitro groups is 1. The number of pyridine rings is 1. The fraction of sp³-hybridized carbons (Fsp3) is 0.133. The zero-order valence-corrected chi connectivity index (χ0v) is 12.7. The molecule has 0 spiro atoms. The molecule has 0 aliphatic rings. The first-order valence-electron chi connectivity index (χ1n) is 6.90. The molecule has 1 amide bonds. The van der Waals surface area contributed by atoms with Gasteiger partial charge in [0.25, 0.3) is 11.6 Å². The van der Waals surface area contributed by atoms with Crippen LogP contribution in [0, 0.1) is 10.1 Å². The van der Waals surface area contributed by atoms with Gasteiger partial charge in [-0.15, -0.1) is 0 Å². The van der Waals surface area contributed by atoms with Gasteiger partial charge in [-0.25, -0.2) is 5.43 Å². The number of carbonyl (C=O) groups excluding carboxylic acids is 1. The number of non-ortho nitro benzene ring substituents is 1. The molecule has 24 heavy (non-hydrogen) atoms. The summed E-state index contributed by atoms with van der Waals surface area (Å²) < 4.78 is 5.15. The Hall–Kier alpha value is -3.49. The highest BCUT2D eigenvalue weighted by molar-refractivity contribution is 5.95. The minimum Gasteiger partial charge on any atom is -0.504 e. The number of carbonyl (C=O) groups is 1. The zero-order valence-electron chi connectivity index (χ0n) is 12.7. The molecule has 9 heteroatoms. The van der Waals surface area contributed by atoms with Crippen molar-refractivity contribution < 1.29 is 19.6 Å². The van der Waals surface area contributed by atoms with Crippen LogP contribution in [-0.4, -0.2) is 33.7 Å². The maximum atomic E-state index is 11.8. The molecule has 0 bridgehead atoms. The molecule has 0 fully saturated rings. The molecule has 124 valence electrons. The number of amides is 1. The third-order valence-electron chi connectivity index (χ3n) is 2.89. The molecule has 2 rings (SSSR count). The van der Waals surface area contributed by atoms with Crippen LogP contribution in [0.2, 0.25) is 0 Å². The Bertz CT molecular complexity index is 777. The highest BCUT2D eigenvalue weighted by Crippen LogP contribution is 2.33. The van der Waals surface area contributed by atoms with E-state index in [1.807, 2.05) is 0 Å². The van der Waals surface area contributed by atoms with Crippen molar-refractivity contribution in [2.75, 3.05) is 6.61 Å². The van der Waals surface area contributed by atoms with Crippen LogP contribution >= 0.6 is 0 Å². The molecule has 0 atom stereocenters. The van der Waals surface area contributed by atoms with Crippen LogP contribution in [0.1, 0.15) is 22.8 Å². The summed E-state index contributed by atoms with van der Waals surface area (Å²) in [6.07, 6.45) is 3.98. The number of hydrogen-bond donors (Lipinski definition) is 2. The molecule has 1 heterocycles. The van der Waals surface area contributed by atoms with Crippen molar-refractivity contribution in [2.45, 2.75) is 6.92 Å². The maximum Gasteiger partial charge on any atom is 0.274 e. The summed E-state index contributed by atoms with van der Waals surface area (Å²) in [6.45, 7) is 1.91. The molecule has 1 aromatic carbocycles. The largest absolute Gasteiger partial charge is 0.504 e. The fourth-order valence-corrected chi connectivity index (χ4v) is 1.81. The SMILES string of the molecule is CCOc1cc([N+](=O)[O-])cc(/C=N/NC(=O)c2cccnc2)c1O. The summed E-state index contributed by atoms with van der Waals surface area (Å²) in [4.78, 5) is 25.9. The Morgan fingerprint density at radius 3 is 2.96 bits per heavy atom. The summed E-state index contributed by atoms with van der Waals surface area (Å²) in [5.74, 6) is -0.845. The number of phenols is 1. The second-order valence-corrected chi connectivity index (χ2v) is 4.51. The van der Waals surface area contributed by atoms with E-state index in [0.717, 1.165) is 18.3 Å². The van der Waals surface area contributed by atoms with Gasteiger partial charge in [0.15, 0.2) is 11.5 Å². The quantitative estimate of drug-likeness (QED) is 0.473. The van der Waals surface area contributed by atoms with E-state index in [9.17, 15) is 20.0 Å². The van der Waals surface area contributed by atoms with Gasteiger partial charge in [0, 0.05) is 24.0 Å². The summed E-state index contributed by atoms with van der Waals surface area (Å²) in [6, 6.07) is 5.39. The first-order chi connectivity index (χ1) is 11.5. The van der Waals surface area contributed by atoms with Gasteiger partial charge >= 0.3 is 0 Å². The number of benzene rings is 1. The predicted octanol–water partition coefficient (Wildman–Crippen LogP) is 1.86.